The van der Waals surface area contributed by atoms with Gasteiger partial charge in [-0.15, -0.1) is 10.2 Å². The average Bonchev–Trinajstić information content (AvgIpc) is 2.73. The van der Waals surface area contributed by atoms with E-state index in [4.69, 9.17) is 9.15 Å². The summed E-state index contributed by atoms with van der Waals surface area (Å²) in [7, 11) is 0. The highest BCUT2D eigenvalue weighted by molar-refractivity contribution is 5.79. The van der Waals surface area contributed by atoms with Gasteiger partial charge in [0.15, 0.2) is 24.5 Å². The lowest BCUT2D eigenvalue weighted by Crippen LogP contribution is -2.01. The third-order valence-electron chi connectivity index (χ3n) is 2.03. The van der Waals surface area contributed by atoms with Crippen molar-refractivity contribution >= 4 is 6.29 Å². The Labute approximate surface area is 96.2 Å². The summed E-state index contributed by atoms with van der Waals surface area (Å²) in [5, 5.41) is 7.30. The number of aromatic nitrogens is 2. The minimum atomic E-state index is -0.606. The standard InChI is InChI=1S/C11H9FN2O3/c1-7-13-14-10(17-7)6-16-11-8(5-15)3-2-4-9(11)12/h2-5H,6H2,1H3. The van der Waals surface area contributed by atoms with Gasteiger partial charge in [-0.1, -0.05) is 6.07 Å². The molecule has 0 unspecified atom stereocenters. The number of para-hydroxylation sites is 1. The van der Waals surface area contributed by atoms with Crippen molar-refractivity contribution in [3.63, 3.8) is 0 Å². The second kappa shape index (κ2) is 4.73. The van der Waals surface area contributed by atoms with E-state index in [0.29, 0.717) is 12.2 Å². The van der Waals surface area contributed by atoms with Crippen LogP contribution in [0.2, 0.25) is 0 Å². The third-order valence-corrected chi connectivity index (χ3v) is 2.03. The van der Waals surface area contributed by atoms with Crippen molar-refractivity contribution in [2.75, 3.05) is 0 Å². The van der Waals surface area contributed by atoms with Gasteiger partial charge >= 0.3 is 0 Å². The zero-order chi connectivity index (χ0) is 12.3. The van der Waals surface area contributed by atoms with Crippen LogP contribution < -0.4 is 4.74 Å². The third kappa shape index (κ3) is 2.47. The topological polar surface area (TPSA) is 65.2 Å². The fraction of sp³-hybridized carbons (Fsp3) is 0.182. The molecule has 0 aliphatic heterocycles. The van der Waals surface area contributed by atoms with Gasteiger partial charge in [-0.25, -0.2) is 4.39 Å². The molecule has 0 atom stereocenters. The molecular weight excluding hydrogens is 227 g/mol. The first-order valence-corrected chi connectivity index (χ1v) is 4.86. The van der Waals surface area contributed by atoms with E-state index in [1.165, 1.54) is 18.2 Å². The molecule has 0 bridgehead atoms. The number of carbonyl (C=O) groups is 1. The SMILES string of the molecule is Cc1nnc(COc2c(F)cccc2C=O)o1. The van der Waals surface area contributed by atoms with Gasteiger partial charge in [-0.2, -0.15) is 0 Å². The van der Waals surface area contributed by atoms with Crippen LogP contribution in [0.15, 0.2) is 22.6 Å². The van der Waals surface area contributed by atoms with Crippen molar-refractivity contribution in [2.45, 2.75) is 13.5 Å². The fourth-order valence-electron chi connectivity index (χ4n) is 1.30. The highest BCUT2D eigenvalue weighted by atomic mass is 19.1. The van der Waals surface area contributed by atoms with E-state index in [-0.39, 0.29) is 23.8 Å². The van der Waals surface area contributed by atoms with Crippen molar-refractivity contribution in [3.8, 4) is 5.75 Å². The first kappa shape index (κ1) is 11.3. The molecule has 0 saturated heterocycles. The van der Waals surface area contributed by atoms with Crippen LogP contribution in [0.4, 0.5) is 4.39 Å². The Balaban J connectivity index is 2.16. The summed E-state index contributed by atoms with van der Waals surface area (Å²) in [6.45, 7) is 1.55. The fourth-order valence-corrected chi connectivity index (χ4v) is 1.30. The smallest absolute Gasteiger partial charge is 0.253 e. The number of rotatable bonds is 4. The predicted octanol–water partition coefficient (Wildman–Crippen LogP) is 1.91. The van der Waals surface area contributed by atoms with Gasteiger partial charge in [-0.05, 0) is 12.1 Å². The predicted molar refractivity (Wildman–Crippen MR) is 55.2 cm³/mol. The van der Waals surface area contributed by atoms with E-state index >= 15 is 0 Å². The number of aryl methyl sites for hydroxylation is 1. The molecule has 1 heterocycles. The van der Waals surface area contributed by atoms with Gasteiger partial charge < -0.3 is 9.15 Å². The number of hydrogen-bond acceptors (Lipinski definition) is 5. The molecule has 2 rings (SSSR count). The Morgan fingerprint density at radius 1 is 1.47 bits per heavy atom. The Morgan fingerprint density at radius 2 is 2.29 bits per heavy atom. The minimum Gasteiger partial charge on any atom is -0.480 e. The van der Waals surface area contributed by atoms with E-state index < -0.39 is 5.82 Å². The number of aldehydes is 1. The molecule has 0 saturated carbocycles. The van der Waals surface area contributed by atoms with Crippen LogP contribution >= 0.6 is 0 Å². The Kier molecular flexibility index (Phi) is 3.13. The first-order chi connectivity index (χ1) is 8.20. The van der Waals surface area contributed by atoms with Gasteiger partial charge in [0.2, 0.25) is 5.89 Å². The Morgan fingerprint density at radius 3 is 2.94 bits per heavy atom. The molecule has 0 radical (unpaired) electrons. The van der Waals surface area contributed by atoms with Crippen LogP contribution in [0, 0.1) is 12.7 Å². The number of benzene rings is 1. The van der Waals surface area contributed by atoms with Gasteiger partial charge in [0, 0.05) is 6.92 Å². The lowest BCUT2D eigenvalue weighted by Gasteiger charge is -2.06. The lowest BCUT2D eigenvalue weighted by molar-refractivity contribution is 0.111. The summed E-state index contributed by atoms with van der Waals surface area (Å²) in [6, 6.07) is 4.11. The van der Waals surface area contributed by atoms with Gasteiger partial charge in [0.1, 0.15) is 0 Å². The molecule has 6 heteroatoms. The normalized spacial score (nSPS) is 10.2. The number of ether oxygens (including phenoxy) is 1. The molecule has 5 nitrogen and oxygen atoms in total. The second-order valence-electron chi connectivity index (χ2n) is 3.28. The van der Waals surface area contributed by atoms with Gasteiger partial charge in [0.05, 0.1) is 5.56 Å². The maximum atomic E-state index is 13.4. The quantitative estimate of drug-likeness (QED) is 0.758. The van der Waals surface area contributed by atoms with Crippen molar-refractivity contribution in [2.24, 2.45) is 0 Å². The number of hydrogen-bond donors (Lipinski definition) is 0. The zero-order valence-corrected chi connectivity index (χ0v) is 9.01. The van der Waals surface area contributed by atoms with Crippen molar-refractivity contribution in [1.82, 2.24) is 10.2 Å². The molecule has 2 aromatic rings. The summed E-state index contributed by atoms with van der Waals surface area (Å²) in [4.78, 5) is 10.7. The van der Waals surface area contributed by atoms with E-state index in [0.717, 1.165) is 0 Å². The number of halogens is 1. The molecule has 1 aromatic carbocycles. The lowest BCUT2D eigenvalue weighted by atomic mass is 10.2. The molecule has 0 N–H and O–H groups in total. The molecule has 88 valence electrons. The van der Waals surface area contributed by atoms with Crippen LogP contribution in [-0.4, -0.2) is 16.5 Å². The summed E-state index contributed by atoms with van der Waals surface area (Å²) in [6.07, 6.45) is 0.525. The second-order valence-corrected chi connectivity index (χ2v) is 3.28. The maximum absolute atomic E-state index is 13.4. The van der Waals surface area contributed by atoms with E-state index in [1.807, 2.05) is 0 Å². The van der Waals surface area contributed by atoms with Gasteiger partial charge in [0.25, 0.3) is 5.89 Å². The van der Waals surface area contributed by atoms with Crippen LogP contribution in [0.25, 0.3) is 0 Å². The maximum Gasteiger partial charge on any atom is 0.253 e. The highest BCUT2D eigenvalue weighted by Crippen LogP contribution is 2.22. The Bertz CT molecular complexity index is 539. The molecule has 0 spiro atoms. The Hall–Kier alpha value is -2.24. The van der Waals surface area contributed by atoms with Crippen LogP contribution in [0.1, 0.15) is 22.1 Å². The summed E-state index contributed by atoms with van der Waals surface area (Å²) in [5.41, 5.74) is 0.140. The van der Waals surface area contributed by atoms with Gasteiger partial charge in [-0.3, -0.25) is 4.79 Å². The molecule has 0 amide bonds. The van der Waals surface area contributed by atoms with Crippen LogP contribution in [0.3, 0.4) is 0 Å². The molecule has 1 aromatic heterocycles. The monoisotopic (exact) mass is 236 g/mol. The van der Waals surface area contributed by atoms with E-state index in [2.05, 4.69) is 10.2 Å². The van der Waals surface area contributed by atoms with Crippen molar-refractivity contribution < 1.29 is 18.3 Å². The zero-order valence-electron chi connectivity index (χ0n) is 9.01. The van der Waals surface area contributed by atoms with E-state index in [1.54, 1.807) is 6.92 Å². The average molecular weight is 236 g/mol. The summed E-state index contributed by atoms with van der Waals surface area (Å²) in [5.74, 6) is -0.0977. The van der Waals surface area contributed by atoms with Crippen LogP contribution in [-0.2, 0) is 6.61 Å². The molecule has 0 fully saturated rings. The number of nitrogens with zero attached hydrogens (tertiary/aromatic N) is 2. The van der Waals surface area contributed by atoms with E-state index in [9.17, 15) is 9.18 Å². The molecular formula is C11H9FN2O3. The summed E-state index contributed by atoms with van der Waals surface area (Å²) >= 11 is 0. The molecule has 0 aliphatic carbocycles. The van der Waals surface area contributed by atoms with Crippen molar-refractivity contribution in [1.29, 1.82) is 0 Å². The minimum absolute atomic E-state index is 0.0807. The largest absolute Gasteiger partial charge is 0.480 e. The molecule has 17 heavy (non-hydrogen) atoms. The first-order valence-electron chi connectivity index (χ1n) is 4.86. The number of carbonyl (C=O) groups excluding carboxylic acids is 1. The highest BCUT2D eigenvalue weighted by Gasteiger charge is 2.11. The summed E-state index contributed by atoms with van der Waals surface area (Å²) < 4.78 is 23.6. The molecule has 0 aliphatic rings. The van der Waals surface area contributed by atoms with Crippen LogP contribution in [0.5, 0.6) is 5.75 Å². The van der Waals surface area contributed by atoms with Crippen molar-refractivity contribution in [3.05, 3.63) is 41.4 Å².